The SMILES string of the molecule is O=C(CCN1C(=S)N[C@@H](c2ccccn2)[C@H]1c1cccn1-c1ccncc1)Nc1ccccc1F. The fourth-order valence-electron chi connectivity index (χ4n) is 4.34. The lowest BCUT2D eigenvalue weighted by molar-refractivity contribution is -0.116. The van der Waals surface area contributed by atoms with Gasteiger partial charge in [-0.1, -0.05) is 18.2 Å². The summed E-state index contributed by atoms with van der Waals surface area (Å²) in [7, 11) is 0. The Morgan fingerprint density at radius 2 is 1.83 bits per heavy atom. The van der Waals surface area contributed by atoms with E-state index in [1.807, 2.05) is 53.6 Å². The summed E-state index contributed by atoms with van der Waals surface area (Å²) in [5, 5.41) is 6.58. The normalized spacial score (nSPS) is 17.3. The van der Waals surface area contributed by atoms with Crippen LogP contribution in [0.3, 0.4) is 0 Å². The number of hydrogen-bond acceptors (Lipinski definition) is 4. The minimum absolute atomic E-state index is 0.136. The van der Waals surface area contributed by atoms with E-state index < -0.39 is 5.82 Å². The maximum atomic E-state index is 14.0. The Labute approximate surface area is 207 Å². The highest BCUT2D eigenvalue weighted by molar-refractivity contribution is 7.80. The van der Waals surface area contributed by atoms with Crippen LogP contribution in [0.2, 0.25) is 0 Å². The van der Waals surface area contributed by atoms with Crippen molar-refractivity contribution in [3.05, 3.63) is 109 Å². The number of amides is 1. The van der Waals surface area contributed by atoms with Crippen molar-refractivity contribution >= 4 is 28.9 Å². The second-order valence-electron chi connectivity index (χ2n) is 8.11. The molecule has 2 atom stereocenters. The first kappa shape index (κ1) is 22.7. The lowest BCUT2D eigenvalue weighted by Gasteiger charge is -2.28. The number of pyridine rings is 2. The number of carbonyl (C=O) groups is 1. The van der Waals surface area contributed by atoms with E-state index in [0.717, 1.165) is 17.1 Å². The molecule has 176 valence electrons. The molecule has 2 N–H and O–H groups in total. The van der Waals surface area contributed by atoms with Crippen molar-refractivity contribution < 1.29 is 9.18 Å². The van der Waals surface area contributed by atoms with Gasteiger partial charge in [0.2, 0.25) is 5.91 Å². The Morgan fingerprint density at radius 3 is 2.60 bits per heavy atom. The number of halogens is 1. The number of aromatic nitrogens is 3. The van der Waals surface area contributed by atoms with Gasteiger partial charge in [-0.05, 0) is 60.7 Å². The van der Waals surface area contributed by atoms with E-state index in [4.69, 9.17) is 12.2 Å². The third kappa shape index (κ3) is 4.76. The zero-order valence-corrected chi connectivity index (χ0v) is 19.5. The lowest BCUT2D eigenvalue weighted by Crippen LogP contribution is -2.33. The largest absolute Gasteiger partial charge is 0.352 e. The average molecular weight is 487 g/mol. The van der Waals surface area contributed by atoms with E-state index in [2.05, 4.69) is 25.2 Å². The molecule has 35 heavy (non-hydrogen) atoms. The molecule has 1 aliphatic rings. The number of rotatable bonds is 7. The first-order valence-corrected chi connectivity index (χ1v) is 11.6. The summed E-state index contributed by atoms with van der Waals surface area (Å²) in [4.78, 5) is 23.4. The van der Waals surface area contributed by atoms with Gasteiger partial charge in [-0.15, -0.1) is 0 Å². The van der Waals surface area contributed by atoms with Gasteiger partial charge in [0.25, 0.3) is 0 Å². The third-order valence-corrected chi connectivity index (χ3v) is 6.30. The molecule has 0 saturated carbocycles. The Hall–Kier alpha value is -4.11. The molecule has 5 rings (SSSR count). The smallest absolute Gasteiger partial charge is 0.226 e. The van der Waals surface area contributed by atoms with Crippen LogP contribution in [-0.2, 0) is 4.79 Å². The maximum Gasteiger partial charge on any atom is 0.226 e. The van der Waals surface area contributed by atoms with Crippen molar-refractivity contribution in [2.75, 3.05) is 11.9 Å². The maximum absolute atomic E-state index is 14.0. The molecule has 0 aliphatic carbocycles. The van der Waals surface area contributed by atoms with E-state index in [-0.39, 0.29) is 30.1 Å². The van der Waals surface area contributed by atoms with Crippen LogP contribution >= 0.6 is 12.2 Å². The van der Waals surface area contributed by atoms with Crippen molar-refractivity contribution in [2.45, 2.75) is 18.5 Å². The van der Waals surface area contributed by atoms with Gasteiger partial charge >= 0.3 is 0 Å². The summed E-state index contributed by atoms with van der Waals surface area (Å²) >= 11 is 5.71. The molecule has 1 aromatic carbocycles. The van der Waals surface area contributed by atoms with E-state index in [1.54, 1.807) is 30.7 Å². The fraction of sp³-hybridized carbons (Fsp3) is 0.154. The van der Waals surface area contributed by atoms with Gasteiger partial charge in [0.1, 0.15) is 5.82 Å². The van der Waals surface area contributed by atoms with E-state index in [9.17, 15) is 9.18 Å². The number of nitrogens with zero attached hydrogens (tertiary/aromatic N) is 4. The van der Waals surface area contributed by atoms with E-state index >= 15 is 0 Å². The Balaban J connectivity index is 1.44. The monoisotopic (exact) mass is 486 g/mol. The molecule has 1 aliphatic heterocycles. The van der Waals surface area contributed by atoms with Crippen LogP contribution in [0.4, 0.5) is 10.1 Å². The van der Waals surface area contributed by atoms with Crippen molar-refractivity contribution in [3.63, 3.8) is 0 Å². The van der Waals surface area contributed by atoms with Crippen LogP contribution in [0.1, 0.15) is 29.9 Å². The lowest BCUT2D eigenvalue weighted by atomic mass is 10.0. The fourth-order valence-corrected chi connectivity index (χ4v) is 4.67. The van der Waals surface area contributed by atoms with Crippen molar-refractivity contribution in [1.82, 2.24) is 24.8 Å². The van der Waals surface area contributed by atoms with Gasteiger partial charge in [0.05, 0.1) is 23.5 Å². The molecular formula is C26H23FN6OS. The molecule has 0 radical (unpaired) electrons. The van der Waals surface area contributed by atoms with Crippen LogP contribution < -0.4 is 10.6 Å². The molecule has 1 fully saturated rings. The molecule has 4 aromatic rings. The van der Waals surface area contributed by atoms with Crippen LogP contribution in [0.15, 0.2) is 91.5 Å². The minimum atomic E-state index is -0.470. The number of benzene rings is 1. The highest BCUT2D eigenvalue weighted by Crippen LogP contribution is 2.39. The molecular weight excluding hydrogens is 463 g/mol. The summed E-state index contributed by atoms with van der Waals surface area (Å²) in [6.45, 7) is 0.349. The zero-order valence-electron chi connectivity index (χ0n) is 18.7. The number of para-hydroxylation sites is 1. The van der Waals surface area contributed by atoms with Crippen LogP contribution in [0.25, 0.3) is 5.69 Å². The number of thiocarbonyl (C=S) groups is 1. The van der Waals surface area contributed by atoms with Gasteiger partial charge < -0.3 is 20.1 Å². The summed E-state index contributed by atoms with van der Waals surface area (Å²) < 4.78 is 16.1. The standard InChI is InChI=1S/C26H23FN6OS/c27-19-6-1-2-7-20(19)30-23(34)12-17-33-25(24(31-26(33)35)21-8-3-4-13-29-21)22-9-5-16-32(22)18-10-14-28-15-11-18/h1-11,13-16,24-25H,12,17H2,(H,30,34)(H,31,35)/t24-,25+/m0/s1. The zero-order chi connectivity index (χ0) is 24.2. The first-order chi connectivity index (χ1) is 17.1. The van der Waals surface area contributed by atoms with Gasteiger partial charge in [-0.25, -0.2) is 4.39 Å². The second-order valence-corrected chi connectivity index (χ2v) is 8.49. The third-order valence-electron chi connectivity index (χ3n) is 5.95. The quantitative estimate of drug-likeness (QED) is 0.377. The van der Waals surface area contributed by atoms with Gasteiger partial charge in [0, 0.05) is 49.1 Å². The molecule has 4 heterocycles. The minimum Gasteiger partial charge on any atom is -0.352 e. The highest BCUT2D eigenvalue weighted by atomic mass is 32.1. The molecule has 9 heteroatoms. The molecule has 0 bridgehead atoms. The highest BCUT2D eigenvalue weighted by Gasteiger charge is 2.41. The molecule has 0 unspecified atom stereocenters. The Morgan fingerprint density at radius 1 is 1.03 bits per heavy atom. The van der Waals surface area contributed by atoms with E-state index in [0.29, 0.717) is 11.7 Å². The summed E-state index contributed by atoms with van der Waals surface area (Å²) in [5.74, 6) is -0.759. The van der Waals surface area contributed by atoms with Gasteiger partial charge in [-0.3, -0.25) is 14.8 Å². The first-order valence-electron chi connectivity index (χ1n) is 11.2. The Bertz CT molecular complexity index is 1330. The number of carbonyl (C=O) groups excluding carboxylic acids is 1. The van der Waals surface area contributed by atoms with Crippen LogP contribution in [0.5, 0.6) is 0 Å². The van der Waals surface area contributed by atoms with Crippen LogP contribution in [0, 0.1) is 5.82 Å². The topological polar surface area (TPSA) is 75.1 Å². The predicted molar refractivity (Wildman–Crippen MR) is 135 cm³/mol. The molecule has 1 amide bonds. The van der Waals surface area contributed by atoms with Crippen molar-refractivity contribution in [3.8, 4) is 5.69 Å². The average Bonchev–Trinajstić information content (AvgIpc) is 3.49. The van der Waals surface area contributed by atoms with E-state index in [1.165, 1.54) is 12.1 Å². The molecule has 0 spiro atoms. The number of anilines is 1. The predicted octanol–water partition coefficient (Wildman–Crippen LogP) is 4.41. The number of nitrogens with one attached hydrogen (secondary N) is 2. The van der Waals surface area contributed by atoms with Gasteiger partial charge in [0.15, 0.2) is 5.11 Å². The van der Waals surface area contributed by atoms with Crippen molar-refractivity contribution in [1.29, 1.82) is 0 Å². The second kappa shape index (κ2) is 10.0. The molecule has 3 aromatic heterocycles. The molecule has 7 nitrogen and oxygen atoms in total. The summed E-state index contributed by atoms with van der Waals surface area (Å²) in [6.07, 6.45) is 7.38. The van der Waals surface area contributed by atoms with Crippen molar-refractivity contribution in [2.24, 2.45) is 0 Å². The van der Waals surface area contributed by atoms with Crippen LogP contribution in [-0.4, -0.2) is 37.0 Å². The summed E-state index contributed by atoms with van der Waals surface area (Å²) in [5.41, 5.74) is 2.97. The van der Waals surface area contributed by atoms with Gasteiger partial charge in [-0.2, -0.15) is 0 Å². The molecule has 1 saturated heterocycles. The Kier molecular flexibility index (Phi) is 6.49. The summed E-state index contributed by atoms with van der Waals surface area (Å²) in [6, 6.07) is 19.4. The number of hydrogen-bond donors (Lipinski definition) is 2.